The molecule has 0 radical (unpaired) electrons. The lowest BCUT2D eigenvalue weighted by Gasteiger charge is -2.20. The number of nitrogens with zero attached hydrogens (tertiary/aromatic N) is 2. The average Bonchev–Trinajstić information content (AvgIpc) is 3.07. The molecule has 1 aliphatic rings. The molecule has 0 saturated carbocycles. The third-order valence-electron chi connectivity index (χ3n) is 4.41. The Morgan fingerprint density at radius 2 is 1.87 bits per heavy atom. The maximum atomic E-state index is 12.2. The first-order valence-electron chi connectivity index (χ1n) is 9.30. The molecule has 0 aromatic heterocycles. The highest BCUT2D eigenvalue weighted by atomic mass is 35.5. The number of thioether (sulfide) groups is 1. The van der Waals surface area contributed by atoms with Crippen molar-refractivity contribution in [2.45, 2.75) is 13.8 Å². The second-order valence-electron chi connectivity index (χ2n) is 6.31. The molecule has 1 saturated heterocycles. The first-order valence-corrected chi connectivity index (χ1v) is 10.9. The number of hydrazone groups is 1. The van der Waals surface area contributed by atoms with Crippen LogP contribution in [-0.4, -0.2) is 30.1 Å². The number of amidine groups is 1. The molecule has 2 amide bonds. The van der Waals surface area contributed by atoms with Crippen molar-refractivity contribution in [3.8, 4) is 0 Å². The number of halogens is 2. The van der Waals surface area contributed by atoms with Gasteiger partial charge in [0.25, 0.3) is 11.8 Å². The smallest absolute Gasteiger partial charge is 0.272 e. The molecule has 156 valence electrons. The predicted molar refractivity (Wildman–Crippen MR) is 125 cm³/mol. The first-order chi connectivity index (χ1) is 14.4. The van der Waals surface area contributed by atoms with Gasteiger partial charge in [0.1, 0.15) is 0 Å². The van der Waals surface area contributed by atoms with E-state index in [1.165, 1.54) is 12.1 Å². The van der Waals surface area contributed by atoms with Crippen molar-refractivity contribution in [3.63, 3.8) is 0 Å². The van der Waals surface area contributed by atoms with E-state index >= 15 is 0 Å². The molecule has 6 nitrogen and oxygen atoms in total. The average molecular weight is 463 g/mol. The number of carbonyl (C=O) groups is 2. The van der Waals surface area contributed by atoms with Gasteiger partial charge in [-0.3, -0.25) is 14.9 Å². The maximum Gasteiger partial charge on any atom is 0.272 e. The van der Waals surface area contributed by atoms with Crippen molar-refractivity contribution in [2.24, 2.45) is 5.10 Å². The van der Waals surface area contributed by atoms with E-state index in [0.29, 0.717) is 9.93 Å². The summed E-state index contributed by atoms with van der Waals surface area (Å²) in [7, 11) is 0. The topological polar surface area (TPSA) is 73.8 Å². The Hall–Kier alpha value is -2.48. The molecule has 2 N–H and O–H groups in total. The zero-order valence-corrected chi connectivity index (χ0v) is 18.7. The summed E-state index contributed by atoms with van der Waals surface area (Å²) in [6.45, 7) is 6.09. The number of nitrogens with one attached hydrogen (secondary N) is 2. The molecule has 0 aliphatic carbocycles. The summed E-state index contributed by atoms with van der Waals surface area (Å²) < 4.78 is 0. The second kappa shape index (κ2) is 10.0. The largest absolute Gasteiger partial charge is 0.372 e. The molecule has 2 aromatic carbocycles. The number of hydrogen-bond donors (Lipinski definition) is 2. The zero-order chi connectivity index (χ0) is 21.7. The number of anilines is 1. The standard InChI is InChI=1S/C21H20Cl2N4O2S/c1-3-27(4-2)15-8-5-13(6-9-15)11-18-20(29)24-21(30-18)26-25-19(28)16-10-7-14(22)12-17(16)23/h5-12H,3-4H2,1-2H3,(H,25,28)(H,24,26,29)/b18-11-. The lowest BCUT2D eigenvalue weighted by molar-refractivity contribution is -0.115. The van der Waals surface area contributed by atoms with Crippen LogP contribution in [0.3, 0.4) is 0 Å². The van der Waals surface area contributed by atoms with E-state index in [-0.39, 0.29) is 21.7 Å². The van der Waals surface area contributed by atoms with E-state index in [1.807, 2.05) is 24.3 Å². The molecule has 1 fully saturated rings. The van der Waals surface area contributed by atoms with Gasteiger partial charge in [0.2, 0.25) is 0 Å². The third kappa shape index (κ3) is 5.36. The molecule has 9 heteroatoms. The van der Waals surface area contributed by atoms with Gasteiger partial charge in [-0.2, -0.15) is 0 Å². The summed E-state index contributed by atoms with van der Waals surface area (Å²) in [5, 5.41) is 7.54. The summed E-state index contributed by atoms with van der Waals surface area (Å²) in [6.07, 6.45) is 1.78. The van der Waals surface area contributed by atoms with Gasteiger partial charge in [0.15, 0.2) is 5.17 Å². The fourth-order valence-electron chi connectivity index (χ4n) is 2.84. The molecule has 30 heavy (non-hydrogen) atoms. The Balaban J connectivity index is 1.67. The molecule has 0 spiro atoms. The summed E-state index contributed by atoms with van der Waals surface area (Å²) in [6, 6.07) is 12.5. The van der Waals surface area contributed by atoms with Gasteiger partial charge in [0.05, 0.1) is 15.5 Å². The van der Waals surface area contributed by atoms with Crippen molar-refractivity contribution in [2.75, 3.05) is 18.0 Å². The summed E-state index contributed by atoms with van der Waals surface area (Å²) >= 11 is 13.0. The minimum Gasteiger partial charge on any atom is -0.372 e. The van der Waals surface area contributed by atoms with Crippen molar-refractivity contribution in [3.05, 3.63) is 68.5 Å². The fraction of sp³-hybridized carbons (Fsp3) is 0.190. The van der Waals surface area contributed by atoms with Crippen LogP contribution in [0.5, 0.6) is 0 Å². The van der Waals surface area contributed by atoms with Crippen LogP contribution in [0.15, 0.2) is 52.5 Å². The van der Waals surface area contributed by atoms with E-state index in [2.05, 4.69) is 34.6 Å². The van der Waals surface area contributed by atoms with Gasteiger partial charge in [-0.05, 0) is 67.6 Å². The number of benzene rings is 2. The fourth-order valence-corrected chi connectivity index (χ4v) is 4.11. The molecular formula is C21H20Cl2N4O2S. The van der Waals surface area contributed by atoms with Crippen molar-refractivity contribution >= 4 is 63.7 Å². The van der Waals surface area contributed by atoms with Crippen molar-refractivity contribution in [1.29, 1.82) is 0 Å². The van der Waals surface area contributed by atoms with Crippen LogP contribution in [0.4, 0.5) is 5.69 Å². The van der Waals surface area contributed by atoms with Crippen LogP contribution in [0, 0.1) is 0 Å². The highest BCUT2D eigenvalue weighted by molar-refractivity contribution is 8.18. The van der Waals surface area contributed by atoms with Gasteiger partial charge in [0, 0.05) is 23.8 Å². The summed E-state index contributed by atoms with van der Waals surface area (Å²) in [5.41, 5.74) is 4.67. The Labute approximate surface area is 189 Å². The highest BCUT2D eigenvalue weighted by Gasteiger charge is 2.24. The molecule has 0 unspecified atom stereocenters. The Bertz CT molecular complexity index is 1020. The molecule has 1 heterocycles. The quantitative estimate of drug-likeness (QED) is 0.479. The minimum atomic E-state index is -0.497. The number of amides is 2. The van der Waals surface area contributed by atoms with Crippen molar-refractivity contribution < 1.29 is 9.59 Å². The zero-order valence-electron chi connectivity index (χ0n) is 16.4. The van der Waals surface area contributed by atoms with Crippen LogP contribution >= 0.6 is 35.0 Å². The highest BCUT2D eigenvalue weighted by Crippen LogP contribution is 2.27. The molecular weight excluding hydrogens is 443 g/mol. The Kier molecular flexibility index (Phi) is 7.42. The predicted octanol–water partition coefficient (Wildman–Crippen LogP) is 4.74. The first kappa shape index (κ1) is 22.2. The molecule has 0 bridgehead atoms. The van der Waals surface area contributed by atoms with Gasteiger partial charge < -0.3 is 4.90 Å². The number of hydrogen-bond acceptors (Lipinski definition) is 5. The summed E-state index contributed by atoms with van der Waals surface area (Å²) in [4.78, 5) is 27.2. The van der Waals surface area contributed by atoms with E-state index in [1.54, 1.807) is 12.1 Å². The van der Waals surface area contributed by atoms with E-state index in [4.69, 9.17) is 23.2 Å². The van der Waals surface area contributed by atoms with Crippen molar-refractivity contribution in [1.82, 2.24) is 10.7 Å². The lowest BCUT2D eigenvalue weighted by atomic mass is 10.2. The Morgan fingerprint density at radius 3 is 2.50 bits per heavy atom. The molecule has 1 aliphatic heterocycles. The lowest BCUT2D eigenvalue weighted by Crippen LogP contribution is -2.25. The Morgan fingerprint density at radius 1 is 1.17 bits per heavy atom. The van der Waals surface area contributed by atoms with Gasteiger partial charge in [-0.25, -0.2) is 5.43 Å². The van der Waals surface area contributed by atoms with E-state index in [0.717, 1.165) is 36.1 Å². The van der Waals surface area contributed by atoms with Crippen LogP contribution in [-0.2, 0) is 4.79 Å². The van der Waals surface area contributed by atoms with E-state index in [9.17, 15) is 9.59 Å². The van der Waals surface area contributed by atoms with Gasteiger partial charge in [-0.1, -0.05) is 35.3 Å². The van der Waals surface area contributed by atoms with E-state index < -0.39 is 5.91 Å². The van der Waals surface area contributed by atoms with Crippen LogP contribution < -0.4 is 15.6 Å². The van der Waals surface area contributed by atoms with Crippen LogP contribution in [0.2, 0.25) is 10.0 Å². The molecule has 3 rings (SSSR count). The van der Waals surface area contributed by atoms with Gasteiger partial charge >= 0.3 is 0 Å². The third-order valence-corrected chi connectivity index (χ3v) is 5.86. The van der Waals surface area contributed by atoms with Crippen LogP contribution in [0.25, 0.3) is 6.08 Å². The minimum absolute atomic E-state index is 0.219. The molecule has 2 aromatic rings. The van der Waals surface area contributed by atoms with Crippen LogP contribution in [0.1, 0.15) is 29.8 Å². The van der Waals surface area contributed by atoms with Gasteiger partial charge in [-0.15, -0.1) is 5.10 Å². The summed E-state index contributed by atoms with van der Waals surface area (Å²) in [5.74, 6) is -0.770. The second-order valence-corrected chi connectivity index (χ2v) is 8.18. The molecule has 0 atom stereocenters. The maximum absolute atomic E-state index is 12.2. The SMILES string of the molecule is CCN(CC)c1ccc(/C=C2\S/C(=N/NC(=O)c3ccc(Cl)cc3Cl)NC2=O)cc1. The normalized spacial score (nSPS) is 16.1. The monoisotopic (exact) mass is 462 g/mol. The number of rotatable bonds is 6. The number of carbonyl (C=O) groups excluding carboxylic acids is 2.